The first-order chi connectivity index (χ1) is 17.2. The van der Waals surface area contributed by atoms with Crippen molar-refractivity contribution < 1.29 is 10.2 Å². The van der Waals surface area contributed by atoms with Crippen LogP contribution < -0.4 is 4.90 Å². The minimum Gasteiger partial charge on any atom is -0.395 e. The molecule has 11 heteroatoms. The van der Waals surface area contributed by atoms with E-state index in [1.54, 1.807) is 16.9 Å². The third-order valence-electron chi connectivity index (χ3n) is 5.28. The summed E-state index contributed by atoms with van der Waals surface area (Å²) in [4.78, 5) is 6.67. The molecule has 3 heterocycles. The molecule has 0 amide bonds. The molecule has 0 spiro atoms. The van der Waals surface area contributed by atoms with E-state index in [4.69, 9.17) is 5.10 Å². The average molecular weight is 487 g/mol. The molecule has 0 aliphatic rings. The van der Waals surface area contributed by atoms with Crippen molar-refractivity contribution in [1.82, 2.24) is 24.8 Å². The predicted molar refractivity (Wildman–Crippen MR) is 134 cm³/mol. The molecular formula is C24H22N8O2S. The number of nitrogens with zero attached hydrogens (tertiary/aromatic N) is 8. The molecule has 5 rings (SSSR count). The molecule has 0 bridgehead atoms. The van der Waals surface area contributed by atoms with Crippen LogP contribution in [0.2, 0.25) is 0 Å². The molecule has 10 nitrogen and oxygen atoms in total. The van der Waals surface area contributed by atoms with E-state index in [1.165, 1.54) is 11.3 Å². The summed E-state index contributed by atoms with van der Waals surface area (Å²) >= 11 is 1.47. The minimum atomic E-state index is 0.0218. The number of aromatic nitrogens is 5. The maximum Gasteiger partial charge on any atom is 0.235 e. The Labute approximate surface area is 204 Å². The highest BCUT2D eigenvalue weighted by molar-refractivity contribution is 7.19. The van der Waals surface area contributed by atoms with Gasteiger partial charge in [0.05, 0.1) is 24.6 Å². The van der Waals surface area contributed by atoms with Gasteiger partial charge in [0, 0.05) is 42.3 Å². The van der Waals surface area contributed by atoms with Gasteiger partial charge in [-0.2, -0.15) is 19.8 Å². The summed E-state index contributed by atoms with van der Waals surface area (Å²) in [5.74, 6) is 0.678. The number of pyridine rings is 1. The van der Waals surface area contributed by atoms with Crippen LogP contribution in [0.25, 0.3) is 26.9 Å². The van der Waals surface area contributed by atoms with Gasteiger partial charge in [-0.3, -0.25) is 4.98 Å². The van der Waals surface area contributed by atoms with Crippen LogP contribution in [-0.4, -0.2) is 61.3 Å². The van der Waals surface area contributed by atoms with E-state index in [-0.39, 0.29) is 13.2 Å². The lowest BCUT2D eigenvalue weighted by atomic mass is 10.2. The molecule has 0 aliphatic carbocycles. The summed E-state index contributed by atoms with van der Waals surface area (Å²) in [5, 5.41) is 41.0. The van der Waals surface area contributed by atoms with Crippen LogP contribution >= 0.6 is 11.3 Å². The second-order valence-corrected chi connectivity index (χ2v) is 8.51. The number of benzene rings is 2. The van der Waals surface area contributed by atoms with Crippen molar-refractivity contribution in [1.29, 1.82) is 0 Å². The van der Waals surface area contributed by atoms with Crippen molar-refractivity contribution >= 4 is 33.4 Å². The molecule has 2 aromatic carbocycles. The van der Waals surface area contributed by atoms with Crippen molar-refractivity contribution in [3.63, 3.8) is 0 Å². The Hall–Kier alpha value is -4.06. The number of rotatable bonds is 9. The highest BCUT2D eigenvalue weighted by Gasteiger charge is 2.14. The fourth-order valence-corrected chi connectivity index (χ4v) is 4.39. The van der Waals surface area contributed by atoms with E-state index in [1.807, 2.05) is 65.6 Å². The van der Waals surface area contributed by atoms with Crippen LogP contribution in [0, 0.1) is 0 Å². The van der Waals surface area contributed by atoms with Crippen LogP contribution in [0.3, 0.4) is 0 Å². The zero-order chi connectivity index (χ0) is 24.0. The lowest BCUT2D eigenvalue weighted by Crippen LogP contribution is -2.29. The van der Waals surface area contributed by atoms with Crippen LogP contribution in [-0.2, 0) is 0 Å². The first-order valence-electron chi connectivity index (χ1n) is 11.0. The van der Waals surface area contributed by atoms with Gasteiger partial charge < -0.3 is 15.1 Å². The van der Waals surface area contributed by atoms with Crippen molar-refractivity contribution in [3.8, 4) is 22.0 Å². The lowest BCUT2D eigenvalue weighted by molar-refractivity contribution is 0.281. The second kappa shape index (κ2) is 10.5. The number of hydrogen-bond acceptors (Lipinski definition) is 10. The van der Waals surface area contributed by atoms with Crippen LogP contribution in [0.4, 0.5) is 17.1 Å². The van der Waals surface area contributed by atoms with Gasteiger partial charge in [-0.05, 0) is 60.7 Å². The Kier molecular flexibility index (Phi) is 6.80. The van der Waals surface area contributed by atoms with Gasteiger partial charge in [0.2, 0.25) is 4.96 Å². The first kappa shape index (κ1) is 22.7. The molecule has 35 heavy (non-hydrogen) atoms. The number of aliphatic hydroxyl groups is 2. The van der Waals surface area contributed by atoms with Gasteiger partial charge >= 0.3 is 0 Å². The normalized spacial score (nSPS) is 11.5. The second-order valence-electron chi connectivity index (χ2n) is 7.56. The Morgan fingerprint density at radius 2 is 1.40 bits per heavy atom. The number of fused-ring (bicyclic) bond motifs is 1. The molecule has 0 radical (unpaired) electrons. The van der Waals surface area contributed by atoms with Crippen molar-refractivity contribution in [2.24, 2.45) is 10.2 Å². The maximum atomic E-state index is 9.20. The van der Waals surface area contributed by atoms with E-state index in [0.29, 0.717) is 24.6 Å². The van der Waals surface area contributed by atoms with Gasteiger partial charge in [0.1, 0.15) is 5.01 Å². The fourth-order valence-electron chi connectivity index (χ4n) is 3.54. The number of hydrogen-bond donors (Lipinski definition) is 2. The highest BCUT2D eigenvalue weighted by atomic mass is 32.1. The fraction of sp³-hybridized carbons (Fsp3) is 0.167. The number of aliphatic hydroxyl groups excluding tert-OH is 2. The van der Waals surface area contributed by atoms with Crippen LogP contribution in [0.15, 0.2) is 83.3 Å². The van der Waals surface area contributed by atoms with E-state index < -0.39 is 0 Å². The summed E-state index contributed by atoms with van der Waals surface area (Å²) in [7, 11) is 0. The molecule has 0 unspecified atom stereocenters. The number of anilines is 1. The molecule has 3 aromatic heterocycles. The molecule has 2 N–H and O–H groups in total. The van der Waals surface area contributed by atoms with E-state index in [0.717, 1.165) is 32.5 Å². The summed E-state index contributed by atoms with van der Waals surface area (Å²) < 4.78 is 1.74. The molecule has 0 atom stereocenters. The third kappa shape index (κ3) is 5.06. The van der Waals surface area contributed by atoms with Crippen molar-refractivity contribution in [3.05, 3.63) is 73.1 Å². The third-order valence-corrected chi connectivity index (χ3v) is 6.23. The average Bonchev–Trinajstić information content (AvgIpc) is 3.50. The first-order valence-corrected chi connectivity index (χ1v) is 11.8. The van der Waals surface area contributed by atoms with E-state index >= 15 is 0 Å². The van der Waals surface area contributed by atoms with Gasteiger partial charge in [-0.15, -0.1) is 10.2 Å². The summed E-state index contributed by atoms with van der Waals surface area (Å²) in [6.07, 6.45) is 3.43. The minimum absolute atomic E-state index is 0.0218. The largest absolute Gasteiger partial charge is 0.395 e. The predicted octanol–water partition coefficient (Wildman–Crippen LogP) is 4.12. The standard InChI is InChI=1S/C24H22N8O2S/c33-15-13-31(14-16-34)21-7-5-20(6-8-21)27-26-19-3-1-18(2-4-19)23-30-32-22(28-29-24(32)35-23)17-9-11-25-12-10-17/h1-12,33-34H,13-16H2. The molecule has 0 aliphatic heterocycles. The molecule has 5 aromatic rings. The Bertz CT molecular complexity index is 1410. The molecule has 176 valence electrons. The summed E-state index contributed by atoms with van der Waals surface area (Å²) in [6.45, 7) is 0.961. The van der Waals surface area contributed by atoms with Crippen molar-refractivity contribution in [2.45, 2.75) is 0 Å². The van der Waals surface area contributed by atoms with Gasteiger partial charge in [-0.25, -0.2) is 0 Å². The SMILES string of the molecule is OCCN(CCO)c1ccc(N=Nc2ccc(-c3nn4c(-c5ccncc5)nnc4s3)cc2)cc1. The topological polar surface area (TPSA) is 124 Å². The Balaban J connectivity index is 1.29. The highest BCUT2D eigenvalue weighted by Crippen LogP contribution is 2.30. The van der Waals surface area contributed by atoms with Crippen molar-refractivity contribution in [2.75, 3.05) is 31.2 Å². The summed E-state index contributed by atoms with van der Waals surface area (Å²) in [5.41, 5.74) is 4.21. The molecule has 0 saturated carbocycles. The quantitative estimate of drug-likeness (QED) is 0.300. The number of azo groups is 1. The lowest BCUT2D eigenvalue weighted by Gasteiger charge is -2.22. The molecular weight excluding hydrogens is 464 g/mol. The smallest absolute Gasteiger partial charge is 0.235 e. The Morgan fingerprint density at radius 3 is 2.03 bits per heavy atom. The maximum absolute atomic E-state index is 9.20. The van der Waals surface area contributed by atoms with Crippen LogP contribution in [0.1, 0.15) is 0 Å². The van der Waals surface area contributed by atoms with Gasteiger partial charge in [0.15, 0.2) is 5.82 Å². The van der Waals surface area contributed by atoms with Crippen LogP contribution in [0.5, 0.6) is 0 Å². The zero-order valence-corrected chi connectivity index (χ0v) is 19.5. The monoisotopic (exact) mass is 486 g/mol. The molecule has 0 fully saturated rings. The van der Waals surface area contributed by atoms with Gasteiger partial charge in [0.25, 0.3) is 0 Å². The zero-order valence-electron chi connectivity index (χ0n) is 18.6. The Morgan fingerprint density at radius 1 is 0.771 bits per heavy atom. The molecule has 0 saturated heterocycles. The van der Waals surface area contributed by atoms with E-state index in [2.05, 4.69) is 25.4 Å². The van der Waals surface area contributed by atoms with Gasteiger partial charge in [-0.1, -0.05) is 11.3 Å². The van der Waals surface area contributed by atoms with E-state index in [9.17, 15) is 10.2 Å². The summed E-state index contributed by atoms with van der Waals surface area (Å²) in [6, 6.07) is 19.0.